The summed E-state index contributed by atoms with van der Waals surface area (Å²) in [6.07, 6.45) is -0.503. The first-order chi connectivity index (χ1) is 12.8. The minimum absolute atomic E-state index is 0.0895. The number of ether oxygens (including phenoxy) is 4. The highest BCUT2D eigenvalue weighted by Gasteiger charge is 2.13. The molecule has 0 aliphatic heterocycles. The molecule has 0 saturated heterocycles. The topological polar surface area (TPSA) is 146 Å². The fourth-order valence-corrected chi connectivity index (χ4v) is 1.47. The second kappa shape index (κ2) is 14.4. The molecule has 10 nitrogen and oxygen atoms in total. The van der Waals surface area contributed by atoms with Crippen LogP contribution in [0.15, 0.2) is 25.3 Å². The van der Waals surface area contributed by atoms with Crippen molar-refractivity contribution in [3.8, 4) is 0 Å². The molecule has 0 rings (SSSR count). The molecular formula is C17H24O10. The second-order valence-electron chi connectivity index (χ2n) is 5.20. The lowest BCUT2D eigenvalue weighted by Crippen LogP contribution is -2.25. The molecule has 0 saturated carbocycles. The molecule has 27 heavy (non-hydrogen) atoms. The maximum Gasteiger partial charge on any atom is 0.330 e. The maximum absolute atomic E-state index is 11.5. The number of esters is 4. The largest absolute Gasteiger partial charge is 0.463 e. The zero-order valence-electron chi connectivity index (χ0n) is 14.8. The van der Waals surface area contributed by atoms with Crippen LogP contribution in [0.2, 0.25) is 0 Å². The molecule has 2 unspecified atom stereocenters. The second-order valence-corrected chi connectivity index (χ2v) is 5.20. The Morgan fingerprint density at radius 1 is 0.704 bits per heavy atom. The molecule has 0 fully saturated rings. The van der Waals surface area contributed by atoms with E-state index in [-0.39, 0.29) is 45.7 Å². The highest BCUT2D eigenvalue weighted by atomic mass is 16.6. The average Bonchev–Trinajstić information content (AvgIpc) is 2.66. The summed E-state index contributed by atoms with van der Waals surface area (Å²) in [5.41, 5.74) is 0. The van der Waals surface area contributed by atoms with Crippen LogP contribution in [0.25, 0.3) is 0 Å². The van der Waals surface area contributed by atoms with Gasteiger partial charge in [0.05, 0.1) is 0 Å². The van der Waals surface area contributed by atoms with Crippen LogP contribution in [0.4, 0.5) is 0 Å². The summed E-state index contributed by atoms with van der Waals surface area (Å²) in [7, 11) is 0. The normalized spacial score (nSPS) is 12.2. The molecule has 0 aromatic rings. The molecule has 0 bridgehead atoms. The monoisotopic (exact) mass is 388 g/mol. The third-order valence-electron chi connectivity index (χ3n) is 2.80. The number of aliphatic hydroxyl groups is 2. The summed E-state index contributed by atoms with van der Waals surface area (Å²) in [6.45, 7) is 4.98. The molecule has 0 aliphatic carbocycles. The first-order valence-electron chi connectivity index (χ1n) is 8.04. The van der Waals surface area contributed by atoms with Crippen LogP contribution < -0.4 is 0 Å². The summed E-state index contributed by atoms with van der Waals surface area (Å²) in [6, 6.07) is 0. The molecule has 0 aliphatic rings. The van der Waals surface area contributed by atoms with E-state index in [4.69, 9.17) is 9.47 Å². The van der Waals surface area contributed by atoms with Gasteiger partial charge in [-0.1, -0.05) is 13.2 Å². The van der Waals surface area contributed by atoms with Crippen LogP contribution in [0.3, 0.4) is 0 Å². The van der Waals surface area contributed by atoms with Crippen molar-refractivity contribution in [2.24, 2.45) is 0 Å². The van der Waals surface area contributed by atoms with Gasteiger partial charge in [0.15, 0.2) is 0 Å². The Bertz CT molecular complexity index is 482. The molecule has 0 aromatic carbocycles. The van der Waals surface area contributed by atoms with E-state index in [9.17, 15) is 29.4 Å². The van der Waals surface area contributed by atoms with Gasteiger partial charge < -0.3 is 29.2 Å². The molecular weight excluding hydrogens is 364 g/mol. The first kappa shape index (κ1) is 24.3. The van der Waals surface area contributed by atoms with Crippen LogP contribution in [-0.2, 0) is 38.1 Å². The van der Waals surface area contributed by atoms with Gasteiger partial charge in [0.2, 0.25) is 0 Å². The maximum atomic E-state index is 11.5. The number of hydrogen-bond acceptors (Lipinski definition) is 10. The number of aliphatic hydroxyl groups excluding tert-OH is 2. The van der Waals surface area contributed by atoms with Crippen LogP contribution >= 0.6 is 0 Å². The van der Waals surface area contributed by atoms with E-state index in [0.717, 1.165) is 12.2 Å². The standard InChI is InChI=1S/C17H24O10/c1-3-14(20)24-8-12(18)10-26-16(22)6-5-7-17(23)27-11-13(19)9-25-15(21)4-2/h3-4,12-13,18-19H,1-2,5-11H2. The van der Waals surface area contributed by atoms with E-state index in [2.05, 4.69) is 22.6 Å². The molecule has 0 radical (unpaired) electrons. The molecule has 10 heteroatoms. The highest BCUT2D eigenvalue weighted by Crippen LogP contribution is 2.02. The summed E-state index contributed by atoms with van der Waals surface area (Å²) in [4.78, 5) is 44.5. The fourth-order valence-electron chi connectivity index (χ4n) is 1.47. The van der Waals surface area contributed by atoms with E-state index in [0.29, 0.717) is 0 Å². The number of rotatable bonds is 14. The van der Waals surface area contributed by atoms with Gasteiger partial charge in [-0.15, -0.1) is 0 Å². The Morgan fingerprint density at radius 3 is 1.37 bits per heavy atom. The Kier molecular flexibility index (Phi) is 13.0. The van der Waals surface area contributed by atoms with Crippen molar-refractivity contribution in [2.45, 2.75) is 31.5 Å². The molecule has 0 spiro atoms. The van der Waals surface area contributed by atoms with E-state index in [1.807, 2.05) is 0 Å². The van der Waals surface area contributed by atoms with Crippen molar-refractivity contribution in [2.75, 3.05) is 26.4 Å². The highest BCUT2D eigenvalue weighted by molar-refractivity contribution is 5.81. The van der Waals surface area contributed by atoms with E-state index in [1.54, 1.807) is 0 Å². The van der Waals surface area contributed by atoms with Gasteiger partial charge in [0.1, 0.15) is 38.6 Å². The zero-order valence-corrected chi connectivity index (χ0v) is 14.8. The smallest absolute Gasteiger partial charge is 0.330 e. The number of hydrogen-bond donors (Lipinski definition) is 2. The van der Waals surface area contributed by atoms with Crippen LogP contribution in [0.1, 0.15) is 19.3 Å². The van der Waals surface area contributed by atoms with Crippen LogP contribution in [0, 0.1) is 0 Å². The Labute approximate surface area is 156 Å². The molecule has 152 valence electrons. The predicted molar refractivity (Wildman–Crippen MR) is 90.1 cm³/mol. The number of carbonyl (C=O) groups excluding carboxylic acids is 4. The van der Waals surface area contributed by atoms with E-state index >= 15 is 0 Å². The Balaban J connectivity index is 3.76. The zero-order chi connectivity index (χ0) is 20.7. The van der Waals surface area contributed by atoms with Crippen molar-refractivity contribution < 1.29 is 48.3 Å². The summed E-state index contributed by atoms with van der Waals surface area (Å²) < 4.78 is 18.7. The Morgan fingerprint density at radius 2 is 1.04 bits per heavy atom. The molecule has 2 atom stereocenters. The Hall–Kier alpha value is -2.72. The van der Waals surface area contributed by atoms with Crippen molar-refractivity contribution in [3.05, 3.63) is 25.3 Å². The third-order valence-corrected chi connectivity index (χ3v) is 2.80. The summed E-state index contributed by atoms with van der Waals surface area (Å²) in [5, 5.41) is 18.9. The summed E-state index contributed by atoms with van der Waals surface area (Å²) in [5.74, 6) is -2.70. The van der Waals surface area contributed by atoms with Crippen molar-refractivity contribution in [1.29, 1.82) is 0 Å². The lowest BCUT2D eigenvalue weighted by atomic mass is 10.2. The van der Waals surface area contributed by atoms with Crippen molar-refractivity contribution >= 4 is 23.9 Å². The molecule has 0 amide bonds. The molecule has 0 aromatic heterocycles. The van der Waals surface area contributed by atoms with Gasteiger partial charge in [-0.3, -0.25) is 9.59 Å². The van der Waals surface area contributed by atoms with E-state index < -0.39 is 36.1 Å². The van der Waals surface area contributed by atoms with Gasteiger partial charge in [-0.2, -0.15) is 0 Å². The summed E-state index contributed by atoms with van der Waals surface area (Å²) >= 11 is 0. The van der Waals surface area contributed by atoms with Crippen molar-refractivity contribution in [1.82, 2.24) is 0 Å². The van der Waals surface area contributed by atoms with Gasteiger partial charge in [-0.25, -0.2) is 9.59 Å². The van der Waals surface area contributed by atoms with Gasteiger partial charge in [-0.05, 0) is 6.42 Å². The van der Waals surface area contributed by atoms with Gasteiger partial charge in [0, 0.05) is 25.0 Å². The molecule has 0 heterocycles. The lowest BCUT2D eigenvalue weighted by molar-refractivity contribution is -0.150. The SMILES string of the molecule is C=CC(=O)OCC(O)COC(=O)CCCC(=O)OCC(O)COC(=O)C=C. The average molecular weight is 388 g/mol. The molecule has 2 N–H and O–H groups in total. The van der Waals surface area contributed by atoms with Crippen molar-refractivity contribution in [3.63, 3.8) is 0 Å². The fraction of sp³-hybridized carbons (Fsp3) is 0.529. The quantitative estimate of drug-likeness (QED) is 0.225. The van der Waals surface area contributed by atoms with Crippen LogP contribution in [0.5, 0.6) is 0 Å². The predicted octanol–water partition coefficient (Wildman–Crippen LogP) is -0.577. The van der Waals surface area contributed by atoms with E-state index in [1.165, 1.54) is 0 Å². The minimum Gasteiger partial charge on any atom is -0.463 e. The lowest BCUT2D eigenvalue weighted by Gasteiger charge is -2.12. The number of carbonyl (C=O) groups is 4. The van der Waals surface area contributed by atoms with Gasteiger partial charge >= 0.3 is 23.9 Å². The van der Waals surface area contributed by atoms with Gasteiger partial charge in [0.25, 0.3) is 0 Å². The minimum atomic E-state index is -1.17. The first-order valence-corrected chi connectivity index (χ1v) is 8.04. The third kappa shape index (κ3) is 14.2. The van der Waals surface area contributed by atoms with Crippen LogP contribution in [-0.4, -0.2) is 72.7 Å².